The number of hydrogen-bond donors (Lipinski definition) is 0. The predicted octanol–water partition coefficient (Wildman–Crippen LogP) is 5.68. The molecule has 0 bridgehead atoms. The summed E-state index contributed by atoms with van der Waals surface area (Å²) in [6.07, 6.45) is 11.8. The molecule has 2 heteroatoms. The van der Waals surface area contributed by atoms with Crippen molar-refractivity contribution in [1.82, 2.24) is 0 Å². The highest BCUT2D eigenvalue weighted by Gasteiger charge is 2.57. The second kappa shape index (κ2) is 6.35. The van der Waals surface area contributed by atoms with Gasteiger partial charge in [0.05, 0.1) is 12.0 Å². The molecular weight excluding hydrogens is 296 g/mol. The minimum atomic E-state index is -0.312. The highest BCUT2D eigenvalue weighted by atomic mass is 16.5. The third-order valence-corrected chi connectivity index (χ3v) is 7.32. The monoisotopic (exact) mass is 330 g/mol. The lowest BCUT2D eigenvalue weighted by molar-refractivity contribution is -0.168. The van der Waals surface area contributed by atoms with Crippen molar-refractivity contribution in [2.45, 2.75) is 73.1 Å². The van der Waals surface area contributed by atoms with Crippen LogP contribution in [-0.2, 0) is 9.53 Å². The molecule has 0 N–H and O–H groups in total. The van der Waals surface area contributed by atoms with Crippen LogP contribution in [0.4, 0.5) is 0 Å². The van der Waals surface area contributed by atoms with Crippen molar-refractivity contribution in [2.75, 3.05) is 6.61 Å². The quantitative estimate of drug-likeness (QED) is 0.622. The van der Waals surface area contributed by atoms with Crippen molar-refractivity contribution in [3.8, 4) is 0 Å². The van der Waals surface area contributed by atoms with Crippen molar-refractivity contribution in [2.24, 2.45) is 28.6 Å². The Hall–Kier alpha value is -1.05. The molecule has 0 aromatic heterocycles. The molecule has 0 spiro atoms. The van der Waals surface area contributed by atoms with E-state index < -0.39 is 0 Å². The first-order chi connectivity index (χ1) is 11.3. The summed E-state index contributed by atoms with van der Waals surface area (Å²) in [6, 6.07) is 0. The van der Waals surface area contributed by atoms with Gasteiger partial charge < -0.3 is 4.74 Å². The van der Waals surface area contributed by atoms with E-state index in [1.165, 1.54) is 19.3 Å². The smallest absolute Gasteiger partial charge is 0.312 e. The Bertz CT molecular complexity index is 571. The molecule has 3 aliphatic carbocycles. The van der Waals surface area contributed by atoms with Crippen molar-refractivity contribution in [1.29, 1.82) is 0 Å². The van der Waals surface area contributed by atoms with E-state index in [1.54, 1.807) is 11.1 Å². The normalized spacial score (nSPS) is 38.8. The lowest BCUT2D eigenvalue weighted by Crippen LogP contribution is -2.53. The summed E-state index contributed by atoms with van der Waals surface area (Å²) in [5.74, 6) is 1.72. The molecule has 0 saturated heterocycles. The summed E-state index contributed by atoms with van der Waals surface area (Å²) in [5.41, 5.74) is 3.08. The fourth-order valence-electron chi connectivity index (χ4n) is 5.88. The SMILES string of the molecule is CCOC(=O)[C@]1(C)CCC[C@@]2(C)[C@H]3CCC(C(C)C)=CC3=CC[C@@H]21. The molecule has 0 heterocycles. The van der Waals surface area contributed by atoms with Gasteiger partial charge in [-0.1, -0.05) is 44.9 Å². The van der Waals surface area contributed by atoms with Crippen LogP contribution in [0.25, 0.3) is 0 Å². The molecule has 0 aromatic rings. The van der Waals surface area contributed by atoms with Gasteiger partial charge in [-0.2, -0.15) is 0 Å². The summed E-state index contributed by atoms with van der Waals surface area (Å²) in [7, 11) is 0. The first-order valence-electron chi connectivity index (χ1n) is 9.90. The molecule has 24 heavy (non-hydrogen) atoms. The van der Waals surface area contributed by atoms with E-state index >= 15 is 0 Å². The van der Waals surface area contributed by atoms with Gasteiger partial charge in [0.2, 0.25) is 0 Å². The number of esters is 1. The van der Waals surface area contributed by atoms with Crippen LogP contribution in [0.1, 0.15) is 73.1 Å². The first-order valence-corrected chi connectivity index (χ1v) is 9.90. The number of fused-ring (bicyclic) bond motifs is 3. The summed E-state index contributed by atoms with van der Waals surface area (Å²) in [4.78, 5) is 12.8. The van der Waals surface area contributed by atoms with E-state index in [1.807, 2.05) is 6.92 Å². The van der Waals surface area contributed by atoms with Gasteiger partial charge in [-0.05, 0) is 74.7 Å². The molecule has 0 radical (unpaired) electrons. The molecule has 0 aliphatic heterocycles. The number of rotatable bonds is 3. The summed E-state index contributed by atoms with van der Waals surface area (Å²) in [5, 5.41) is 0. The minimum absolute atomic E-state index is 0.0343. The van der Waals surface area contributed by atoms with E-state index in [-0.39, 0.29) is 16.8 Å². The maximum Gasteiger partial charge on any atom is 0.312 e. The Morgan fingerprint density at radius 3 is 2.75 bits per heavy atom. The number of carbonyl (C=O) groups excluding carboxylic acids is 1. The summed E-state index contributed by atoms with van der Waals surface area (Å²) < 4.78 is 5.49. The molecule has 1 fully saturated rings. The molecule has 4 atom stereocenters. The minimum Gasteiger partial charge on any atom is -0.466 e. The third kappa shape index (κ3) is 2.66. The first kappa shape index (κ1) is 17.8. The third-order valence-electron chi connectivity index (χ3n) is 7.32. The van der Waals surface area contributed by atoms with Gasteiger partial charge in [0.1, 0.15) is 0 Å². The molecule has 2 nitrogen and oxygen atoms in total. The van der Waals surface area contributed by atoms with Crippen LogP contribution in [0.5, 0.6) is 0 Å². The van der Waals surface area contributed by atoms with Crippen LogP contribution in [0.2, 0.25) is 0 Å². The molecule has 0 unspecified atom stereocenters. The fourth-order valence-corrected chi connectivity index (χ4v) is 5.88. The van der Waals surface area contributed by atoms with E-state index in [4.69, 9.17) is 4.74 Å². The number of ether oxygens (including phenoxy) is 1. The fraction of sp³-hybridized carbons (Fsp3) is 0.773. The molecule has 3 rings (SSSR count). The summed E-state index contributed by atoms with van der Waals surface area (Å²) in [6.45, 7) is 11.6. The number of carbonyl (C=O) groups is 1. The zero-order valence-electron chi connectivity index (χ0n) is 16.2. The second-order valence-electron chi connectivity index (χ2n) is 8.95. The molecular formula is C22H34O2. The van der Waals surface area contributed by atoms with Crippen molar-refractivity contribution in [3.63, 3.8) is 0 Å². The predicted molar refractivity (Wildman–Crippen MR) is 98.5 cm³/mol. The molecule has 0 aromatic carbocycles. The zero-order valence-corrected chi connectivity index (χ0v) is 16.2. The Morgan fingerprint density at radius 1 is 1.33 bits per heavy atom. The van der Waals surface area contributed by atoms with E-state index in [0.717, 1.165) is 19.3 Å². The topological polar surface area (TPSA) is 26.3 Å². The summed E-state index contributed by atoms with van der Waals surface area (Å²) >= 11 is 0. The number of hydrogen-bond acceptors (Lipinski definition) is 2. The van der Waals surface area contributed by atoms with Gasteiger partial charge in [-0.25, -0.2) is 0 Å². The number of allylic oxidation sites excluding steroid dienone is 4. The average molecular weight is 331 g/mol. The highest BCUT2D eigenvalue weighted by molar-refractivity contribution is 5.77. The molecule has 1 saturated carbocycles. The van der Waals surface area contributed by atoms with Crippen LogP contribution in [0.3, 0.4) is 0 Å². The maximum atomic E-state index is 12.8. The Balaban J connectivity index is 1.96. The van der Waals surface area contributed by atoms with E-state index in [9.17, 15) is 4.79 Å². The average Bonchev–Trinajstić information content (AvgIpc) is 2.54. The maximum absolute atomic E-state index is 12.8. The van der Waals surface area contributed by atoms with Crippen molar-refractivity contribution < 1.29 is 9.53 Å². The molecule has 134 valence electrons. The zero-order chi connectivity index (χ0) is 17.5. The van der Waals surface area contributed by atoms with Gasteiger partial charge in [-0.3, -0.25) is 4.79 Å². The van der Waals surface area contributed by atoms with Gasteiger partial charge in [0, 0.05) is 0 Å². The van der Waals surface area contributed by atoms with E-state index in [2.05, 4.69) is 39.8 Å². The van der Waals surface area contributed by atoms with Crippen LogP contribution >= 0.6 is 0 Å². The second-order valence-corrected chi connectivity index (χ2v) is 8.95. The molecule has 3 aliphatic rings. The molecule has 0 amide bonds. The lowest BCUT2D eigenvalue weighted by atomic mass is 9.47. The van der Waals surface area contributed by atoms with Gasteiger partial charge in [0.25, 0.3) is 0 Å². The van der Waals surface area contributed by atoms with Gasteiger partial charge in [0.15, 0.2) is 0 Å². The van der Waals surface area contributed by atoms with Crippen molar-refractivity contribution >= 4 is 5.97 Å². The van der Waals surface area contributed by atoms with Gasteiger partial charge >= 0.3 is 5.97 Å². The van der Waals surface area contributed by atoms with Crippen molar-refractivity contribution in [3.05, 3.63) is 23.3 Å². The Labute approximate surface area is 147 Å². The highest BCUT2D eigenvalue weighted by Crippen LogP contribution is 2.62. The van der Waals surface area contributed by atoms with Crippen LogP contribution in [0, 0.1) is 28.6 Å². The van der Waals surface area contributed by atoms with Crippen LogP contribution in [0.15, 0.2) is 23.3 Å². The standard InChI is InChI=1S/C22H34O2/c1-6-24-20(23)22(5)13-7-12-21(4)18-10-8-16(15(2)3)14-17(18)9-11-19(21)22/h9,14-15,18-19H,6-8,10-13H2,1-5H3/t18-,19-,21-,22+/m0/s1. The Kier molecular flexibility index (Phi) is 4.70. The van der Waals surface area contributed by atoms with E-state index in [0.29, 0.717) is 24.4 Å². The largest absolute Gasteiger partial charge is 0.466 e. The van der Waals surface area contributed by atoms with Crippen LogP contribution in [-0.4, -0.2) is 12.6 Å². The van der Waals surface area contributed by atoms with Crippen LogP contribution < -0.4 is 0 Å². The van der Waals surface area contributed by atoms with Gasteiger partial charge in [-0.15, -0.1) is 0 Å². The lowest BCUT2D eigenvalue weighted by Gasteiger charge is -2.57. The Morgan fingerprint density at radius 2 is 2.08 bits per heavy atom.